The van der Waals surface area contributed by atoms with Crippen molar-refractivity contribution in [1.29, 1.82) is 0 Å². The zero-order chi connectivity index (χ0) is 22.0. The number of rotatable bonds is 2. The van der Waals surface area contributed by atoms with Gasteiger partial charge in [-0.15, -0.1) is 0 Å². The highest BCUT2D eigenvalue weighted by Crippen LogP contribution is 2.40. The Morgan fingerprint density at radius 2 is 2.00 bits per heavy atom. The Morgan fingerprint density at radius 1 is 1.26 bits per heavy atom. The number of para-hydroxylation sites is 1. The molecule has 0 atom stereocenters. The van der Waals surface area contributed by atoms with Crippen LogP contribution in [-0.4, -0.2) is 45.4 Å². The Balaban J connectivity index is 1.55. The Morgan fingerprint density at radius 3 is 2.71 bits per heavy atom. The molecule has 0 radical (unpaired) electrons. The predicted octanol–water partition coefficient (Wildman–Crippen LogP) is 3.39. The van der Waals surface area contributed by atoms with Crippen molar-refractivity contribution >= 4 is 34.6 Å². The molecule has 0 unspecified atom stereocenters. The van der Waals surface area contributed by atoms with Gasteiger partial charge in [-0.3, -0.25) is 10.2 Å². The molecule has 0 aliphatic carbocycles. The Labute approximate surface area is 184 Å². The van der Waals surface area contributed by atoms with Crippen molar-refractivity contribution in [3.8, 4) is 11.5 Å². The van der Waals surface area contributed by atoms with Crippen molar-refractivity contribution < 1.29 is 19.0 Å². The van der Waals surface area contributed by atoms with E-state index < -0.39 is 11.4 Å². The van der Waals surface area contributed by atoms with Gasteiger partial charge in [0.2, 0.25) is 5.91 Å². The summed E-state index contributed by atoms with van der Waals surface area (Å²) in [4.78, 5) is 13.5. The van der Waals surface area contributed by atoms with Crippen LogP contribution in [0, 0.1) is 5.82 Å². The molecular weight excluding hydrogens is 419 g/mol. The standard InChI is InChI=1S/C22H23FN4O3S/c1-14(28)27-10-8-22(9-11-27)13-19(16-12-15(29)6-7-20(16)30-22)25-26-21(31)24-18-5-3-2-4-17(18)23/h2-7,12,29H,8-11,13H2,1H3,(H2,24,26,31). The molecule has 0 aromatic heterocycles. The summed E-state index contributed by atoms with van der Waals surface area (Å²) in [5, 5.41) is 17.3. The van der Waals surface area contributed by atoms with Gasteiger partial charge in [-0.2, -0.15) is 5.10 Å². The third-order valence-corrected chi connectivity index (χ3v) is 5.82. The number of ether oxygens (including phenoxy) is 1. The van der Waals surface area contributed by atoms with E-state index in [-0.39, 0.29) is 22.5 Å². The summed E-state index contributed by atoms with van der Waals surface area (Å²) in [7, 11) is 0. The van der Waals surface area contributed by atoms with E-state index in [0.29, 0.717) is 49.4 Å². The molecule has 2 heterocycles. The van der Waals surface area contributed by atoms with Gasteiger partial charge in [0.1, 0.15) is 22.9 Å². The fourth-order valence-electron chi connectivity index (χ4n) is 3.94. The highest BCUT2D eigenvalue weighted by atomic mass is 32.1. The lowest BCUT2D eigenvalue weighted by atomic mass is 9.82. The van der Waals surface area contributed by atoms with Gasteiger partial charge in [-0.05, 0) is 42.5 Å². The number of carbonyl (C=O) groups is 1. The Bertz CT molecular complexity index is 1050. The minimum absolute atomic E-state index is 0.0520. The van der Waals surface area contributed by atoms with E-state index in [9.17, 15) is 14.3 Å². The summed E-state index contributed by atoms with van der Waals surface area (Å²) < 4.78 is 20.2. The fraction of sp³-hybridized carbons (Fsp3) is 0.318. The molecule has 2 aliphatic heterocycles. The van der Waals surface area contributed by atoms with Gasteiger partial charge < -0.3 is 20.1 Å². The Hall–Kier alpha value is -3.20. The van der Waals surface area contributed by atoms with Gasteiger partial charge >= 0.3 is 0 Å². The number of nitrogens with zero attached hydrogens (tertiary/aromatic N) is 2. The number of phenols is 1. The van der Waals surface area contributed by atoms with E-state index in [1.54, 1.807) is 43.3 Å². The number of halogens is 1. The van der Waals surface area contributed by atoms with E-state index in [0.717, 1.165) is 0 Å². The Kier molecular flexibility index (Phi) is 5.77. The van der Waals surface area contributed by atoms with Crippen LogP contribution in [0.3, 0.4) is 0 Å². The van der Waals surface area contributed by atoms with Gasteiger partial charge in [0.15, 0.2) is 5.11 Å². The third kappa shape index (κ3) is 4.61. The number of benzene rings is 2. The molecular formula is C22H23FN4O3S. The van der Waals surface area contributed by atoms with Crippen molar-refractivity contribution in [1.82, 2.24) is 10.3 Å². The lowest BCUT2D eigenvalue weighted by Gasteiger charge is -2.44. The van der Waals surface area contributed by atoms with Crippen LogP contribution in [0.4, 0.5) is 10.1 Å². The van der Waals surface area contributed by atoms with Crippen molar-refractivity contribution in [2.75, 3.05) is 18.4 Å². The number of likely N-dealkylation sites (tertiary alicyclic amines) is 1. The van der Waals surface area contributed by atoms with Crippen LogP contribution in [-0.2, 0) is 4.79 Å². The number of amides is 1. The van der Waals surface area contributed by atoms with Crippen LogP contribution < -0.4 is 15.5 Å². The summed E-state index contributed by atoms with van der Waals surface area (Å²) in [6.07, 6.45) is 1.83. The van der Waals surface area contributed by atoms with Gasteiger partial charge in [0, 0.05) is 44.8 Å². The lowest BCUT2D eigenvalue weighted by molar-refractivity contribution is -0.132. The molecule has 9 heteroatoms. The van der Waals surface area contributed by atoms with Crippen LogP contribution >= 0.6 is 12.2 Å². The smallest absolute Gasteiger partial charge is 0.219 e. The summed E-state index contributed by atoms with van der Waals surface area (Å²) in [6.45, 7) is 2.78. The molecule has 1 spiro atoms. The monoisotopic (exact) mass is 442 g/mol. The zero-order valence-corrected chi connectivity index (χ0v) is 17.8. The third-order valence-electron chi connectivity index (χ3n) is 5.62. The summed E-state index contributed by atoms with van der Waals surface area (Å²) >= 11 is 5.26. The van der Waals surface area contributed by atoms with E-state index in [4.69, 9.17) is 17.0 Å². The number of piperidine rings is 1. The maximum atomic E-state index is 13.9. The first kappa shape index (κ1) is 21.0. The highest BCUT2D eigenvalue weighted by molar-refractivity contribution is 7.80. The average Bonchev–Trinajstić information content (AvgIpc) is 2.74. The van der Waals surface area contributed by atoms with Crippen LogP contribution in [0.25, 0.3) is 0 Å². The number of hydrazone groups is 1. The predicted molar refractivity (Wildman–Crippen MR) is 120 cm³/mol. The van der Waals surface area contributed by atoms with Crippen molar-refractivity contribution in [3.05, 3.63) is 53.8 Å². The number of hydrogen-bond acceptors (Lipinski definition) is 5. The number of hydrogen-bond donors (Lipinski definition) is 3. The second-order valence-corrected chi connectivity index (χ2v) is 8.16. The molecule has 1 saturated heterocycles. The molecule has 4 rings (SSSR count). The first-order chi connectivity index (χ1) is 14.8. The van der Waals surface area contributed by atoms with E-state index >= 15 is 0 Å². The van der Waals surface area contributed by atoms with E-state index in [1.165, 1.54) is 6.07 Å². The van der Waals surface area contributed by atoms with Crippen LogP contribution in [0.1, 0.15) is 31.7 Å². The zero-order valence-electron chi connectivity index (χ0n) is 17.0. The number of aromatic hydroxyl groups is 1. The maximum Gasteiger partial charge on any atom is 0.219 e. The summed E-state index contributed by atoms with van der Waals surface area (Å²) in [6, 6.07) is 11.1. The SMILES string of the molecule is CC(=O)N1CCC2(CC1)CC(=NNC(=S)Nc1ccccc1F)c1cc(O)ccc1O2. The van der Waals surface area contributed by atoms with Crippen molar-refractivity contribution in [2.24, 2.45) is 5.10 Å². The molecule has 162 valence electrons. The molecule has 1 fully saturated rings. The second-order valence-electron chi connectivity index (χ2n) is 7.75. The molecule has 0 bridgehead atoms. The first-order valence-electron chi connectivity index (χ1n) is 10.0. The average molecular weight is 443 g/mol. The van der Waals surface area contributed by atoms with Crippen molar-refractivity contribution in [3.63, 3.8) is 0 Å². The molecule has 3 N–H and O–H groups in total. The largest absolute Gasteiger partial charge is 0.508 e. The number of fused-ring (bicyclic) bond motifs is 1. The van der Waals surface area contributed by atoms with Gasteiger partial charge in [-0.1, -0.05) is 12.1 Å². The topological polar surface area (TPSA) is 86.2 Å². The minimum atomic E-state index is -0.489. The van der Waals surface area contributed by atoms with E-state index in [1.807, 2.05) is 4.90 Å². The first-order valence-corrected chi connectivity index (χ1v) is 10.4. The minimum Gasteiger partial charge on any atom is -0.508 e. The quantitative estimate of drug-likeness (QED) is 0.488. The van der Waals surface area contributed by atoms with Crippen LogP contribution in [0.2, 0.25) is 0 Å². The molecule has 2 aromatic carbocycles. The number of carbonyl (C=O) groups excluding carboxylic acids is 1. The summed E-state index contributed by atoms with van der Waals surface area (Å²) in [5.74, 6) is 0.353. The van der Waals surface area contributed by atoms with E-state index in [2.05, 4.69) is 15.8 Å². The molecule has 1 amide bonds. The van der Waals surface area contributed by atoms with Gasteiger partial charge in [0.25, 0.3) is 0 Å². The molecule has 2 aliphatic rings. The second kappa shape index (κ2) is 8.50. The van der Waals surface area contributed by atoms with Crippen molar-refractivity contribution in [2.45, 2.75) is 31.8 Å². The maximum absolute atomic E-state index is 13.9. The highest BCUT2D eigenvalue weighted by Gasteiger charge is 2.42. The fourth-order valence-corrected chi connectivity index (χ4v) is 4.10. The van der Waals surface area contributed by atoms with Gasteiger partial charge in [-0.25, -0.2) is 4.39 Å². The number of phenolic OH excluding ortho intramolecular Hbond substituents is 1. The molecule has 31 heavy (non-hydrogen) atoms. The van der Waals surface area contributed by atoms with Crippen LogP contribution in [0.15, 0.2) is 47.6 Å². The number of anilines is 1. The van der Waals surface area contributed by atoms with Crippen LogP contribution in [0.5, 0.6) is 11.5 Å². The molecule has 0 saturated carbocycles. The number of nitrogens with one attached hydrogen (secondary N) is 2. The summed E-state index contributed by atoms with van der Waals surface area (Å²) in [5.41, 5.74) is 3.88. The molecule has 2 aromatic rings. The normalized spacial score (nSPS) is 18.3. The van der Waals surface area contributed by atoms with Gasteiger partial charge in [0.05, 0.1) is 11.4 Å². The lowest BCUT2D eigenvalue weighted by Crippen LogP contribution is -2.52. The number of thiocarbonyl (C=S) groups is 1. The molecule has 7 nitrogen and oxygen atoms in total.